The molecule has 3 aromatic carbocycles. The van der Waals surface area contributed by atoms with Crippen molar-refractivity contribution in [2.75, 3.05) is 4.90 Å². The molecule has 0 aliphatic carbocycles. The molecule has 1 aliphatic rings. The van der Waals surface area contributed by atoms with E-state index in [-0.39, 0.29) is 11.9 Å². The first-order valence-electron chi connectivity index (χ1n) is 9.23. The molecule has 0 fully saturated rings. The Balaban J connectivity index is 1.91. The van der Waals surface area contributed by atoms with Crippen LogP contribution in [-0.2, 0) is 10.2 Å². The second-order valence-corrected chi connectivity index (χ2v) is 6.90. The van der Waals surface area contributed by atoms with Gasteiger partial charge in [0.2, 0.25) is 5.91 Å². The van der Waals surface area contributed by atoms with Crippen molar-refractivity contribution in [3.63, 3.8) is 0 Å². The molecule has 4 rings (SSSR count). The van der Waals surface area contributed by atoms with Crippen LogP contribution in [0.3, 0.4) is 0 Å². The Morgan fingerprint density at radius 1 is 0.846 bits per heavy atom. The number of nitrogens with zero attached hydrogens (tertiary/aromatic N) is 1. The summed E-state index contributed by atoms with van der Waals surface area (Å²) in [6.07, 6.45) is 0.741. The second kappa shape index (κ2) is 6.45. The highest BCUT2D eigenvalue weighted by Crippen LogP contribution is 2.50. The van der Waals surface area contributed by atoms with Gasteiger partial charge in [-0.05, 0) is 36.1 Å². The number of fused-ring (bicyclic) bond motifs is 1. The molecule has 26 heavy (non-hydrogen) atoms. The van der Waals surface area contributed by atoms with Gasteiger partial charge in [-0.1, -0.05) is 85.8 Å². The number of para-hydroxylation sites is 1. The van der Waals surface area contributed by atoms with Crippen molar-refractivity contribution < 1.29 is 4.79 Å². The van der Waals surface area contributed by atoms with Gasteiger partial charge in [-0.15, -0.1) is 0 Å². The Kier molecular flexibility index (Phi) is 4.12. The standard InChI is InChI=1S/C24H23NO/c1-3-24(20-14-8-5-9-15-20)21-16-10-11-17-22(21)25(23(24)26)18(2)19-12-6-4-7-13-19/h4-18H,3H2,1-2H3/t18-,24?/m1/s1. The average Bonchev–Trinajstić information content (AvgIpc) is 2.97. The van der Waals surface area contributed by atoms with Gasteiger partial charge in [0.25, 0.3) is 0 Å². The summed E-state index contributed by atoms with van der Waals surface area (Å²) >= 11 is 0. The minimum atomic E-state index is -0.610. The molecular weight excluding hydrogens is 318 g/mol. The van der Waals surface area contributed by atoms with E-state index in [9.17, 15) is 4.79 Å². The van der Waals surface area contributed by atoms with Gasteiger partial charge in [0.05, 0.1) is 6.04 Å². The summed E-state index contributed by atoms with van der Waals surface area (Å²) in [5.74, 6) is 0.170. The van der Waals surface area contributed by atoms with Crippen molar-refractivity contribution in [3.8, 4) is 0 Å². The van der Waals surface area contributed by atoms with Crippen LogP contribution in [0.5, 0.6) is 0 Å². The van der Waals surface area contributed by atoms with Gasteiger partial charge in [-0.25, -0.2) is 0 Å². The number of hydrogen-bond acceptors (Lipinski definition) is 1. The van der Waals surface area contributed by atoms with E-state index in [1.54, 1.807) is 0 Å². The number of hydrogen-bond donors (Lipinski definition) is 0. The summed E-state index contributed by atoms with van der Waals surface area (Å²) in [7, 11) is 0. The van der Waals surface area contributed by atoms with E-state index in [2.05, 4.69) is 50.2 Å². The van der Waals surface area contributed by atoms with Crippen molar-refractivity contribution in [1.29, 1.82) is 0 Å². The molecular formula is C24H23NO. The van der Waals surface area contributed by atoms with Gasteiger partial charge in [0, 0.05) is 5.69 Å². The molecule has 0 bridgehead atoms. The Bertz CT molecular complexity index is 919. The van der Waals surface area contributed by atoms with Crippen LogP contribution in [0.15, 0.2) is 84.9 Å². The van der Waals surface area contributed by atoms with E-state index in [0.717, 1.165) is 28.8 Å². The maximum atomic E-state index is 13.9. The molecule has 130 valence electrons. The van der Waals surface area contributed by atoms with Gasteiger partial charge in [-0.3, -0.25) is 4.79 Å². The number of rotatable bonds is 4. The Hall–Kier alpha value is -2.87. The number of benzene rings is 3. The first kappa shape index (κ1) is 16.6. The molecule has 0 radical (unpaired) electrons. The van der Waals surface area contributed by atoms with E-state index < -0.39 is 5.41 Å². The number of carbonyl (C=O) groups is 1. The van der Waals surface area contributed by atoms with Crippen LogP contribution in [0.25, 0.3) is 0 Å². The summed E-state index contributed by atoms with van der Waals surface area (Å²) in [5.41, 5.74) is 3.75. The molecule has 2 heteroatoms. The third kappa shape index (κ3) is 2.29. The molecule has 0 spiro atoms. The van der Waals surface area contributed by atoms with Crippen molar-refractivity contribution in [3.05, 3.63) is 102 Å². The average molecular weight is 341 g/mol. The SMILES string of the molecule is CCC1(c2ccccc2)C(=O)N([C@H](C)c2ccccc2)c2ccccc21. The van der Waals surface area contributed by atoms with Crippen molar-refractivity contribution in [1.82, 2.24) is 0 Å². The zero-order chi connectivity index (χ0) is 18.1. The summed E-state index contributed by atoms with van der Waals surface area (Å²) < 4.78 is 0. The number of carbonyl (C=O) groups excluding carboxylic acids is 1. The van der Waals surface area contributed by atoms with Crippen LogP contribution in [0, 0.1) is 0 Å². The highest BCUT2D eigenvalue weighted by molar-refractivity contribution is 6.10. The van der Waals surface area contributed by atoms with Gasteiger partial charge >= 0.3 is 0 Å². The molecule has 0 saturated carbocycles. The fourth-order valence-electron chi connectivity index (χ4n) is 4.29. The zero-order valence-corrected chi connectivity index (χ0v) is 15.2. The predicted octanol–water partition coefficient (Wildman–Crippen LogP) is 5.49. The first-order valence-corrected chi connectivity index (χ1v) is 9.23. The molecule has 1 unspecified atom stereocenters. The van der Waals surface area contributed by atoms with Gasteiger partial charge in [0.1, 0.15) is 5.41 Å². The molecule has 0 N–H and O–H groups in total. The molecule has 1 amide bonds. The fourth-order valence-corrected chi connectivity index (χ4v) is 4.29. The molecule has 2 atom stereocenters. The van der Waals surface area contributed by atoms with Crippen LogP contribution >= 0.6 is 0 Å². The summed E-state index contributed by atoms with van der Waals surface area (Å²) in [6, 6.07) is 28.7. The van der Waals surface area contributed by atoms with Crippen LogP contribution in [0.4, 0.5) is 5.69 Å². The van der Waals surface area contributed by atoms with Crippen LogP contribution in [0.2, 0.25) is 0 Å². The van der Waals surface area contributed by atoms with Crippen molar-refractivity contribution >= 4 is 11.6 Å². The van der Waals surface area contributed by atoms with E-state index >= 15 is 0 Å². The maximum Gasteiger partial charge on any atom is 0.242 e. The van der Waals surface area contributed by atoms with E-state index in [1.165, 1.54) is 0 Å². The van der Waals surface area contributed by atoms with Crippen LogP contribution < -0.4 is 4.90 Å². The first-order chi connectivity index (χ1) is 12.7. The predicted molar refractivity (Wildman–Crippen MR) is 106 cm³/mol. The largest absolute Gasteiger partial charge is 0.304 e. The normalized spacial score (nSPS) is 20.1. The van der Waals surface area contributed by atoms with Gasteiger partial charge in [-0.2, -0.15) is 0 Å². The van der Waals surface area contributed by atoms with E-state index in [1.807, 2.05) is 53.4 Å². The third-order valence-corrected chi connectivity index (χ3v) is 5.67. The summed E-state index contributed by atoms with van der Waals surface area (Å²) in [6.45, 7) is 4.22. The smallest absolute Gasteiger partial charge is 0.242 e. The lowest BCUT2D eigenvalue weighted by atomic mass is 9.73. The fraction of sp³-hybridized carbons (Fsp3) is 0.208. The van der Waals surface area contributed by atoms with Gasteiger partial charge in [0.15, 0.2) is 0 Å². The van der Waals surface area contributed by atoms with Crippen molar-refractivity contribution in [2.45, 2.75) is 31.7 Å². The van der Waals surface area contributed by atoms with Gasteiger partial charge < -0.3 is 4.90 Å². The molecule has 0 aromatic heterocycles. The minimum Gasteiger partial charge on any atom is -0.304 e. The monoisotopic (exact) mass is 341 g/mol. The lowest BCUT2D eigenvalue weighted by Crippen LogP contribution is -2.42. The number of anilines is 1. The molecule has 3 aromatic rings. The number of amides is 1. The highest BCUT2D eigenvalue weighted by atomic mass is 16.2. The third-order valence-electron chi connectivity index (χ3n) is 5.67. The van der Waals surface area contributed by atoms with Crippen molar-refractivity contribution in [2.24, 2.45) is 0 Å². The molecule has 1 heterocycles. The van der Waals surface area contributed by atoms with E-state index in [4.69, 9.17) is 0 Å². The van der Waals surface area contributed by atoms with E-state index in [0.29, 0.717) is 0 Å². The zero-order valence-electron chi connectivity index (χ0n) is 15.2. The second-order valence-electron chi connectivity index (χ2n) is 6.90. The molecule has 1 aliphatic heterocycles. The van der Waals surface area contributed by atoms with Crippen LogP contribution in [0.1, 0.15) is 43.0 Å². The Morgan fingerprint density at radius 3 is 2.08 bits per heavy atom. The maximum absolute atomic E-state index is 13.9. The lowest BCUT2D eigenvalue weighted by molar-refractivity contribution is -0.122. The van der Waals surface area contributed by atoms with Crippen LogP contribution in [-0.4, -0.2) is 5.91 Å². The Morgan fingerprint density at radius 2 is 1.42 bits per heavy atom. The molecule has 2 nitrogen and oxygen atoms in total. The topological polar surface area (TPSA) is 20.3 Å². The highest BCUT2D eigenvalue weighted by Gasteiger charge is 2.51. The lowest BCUT2D eigenvalue weighted by Gasteiger charge is -2.31. The Labute approximate surface area is 155 Å². The molecule has 0 saturated heterocycles. The minimum absolute atomic E-state index is 0.0120. The quantitative estimate of drug-likeness (QED) is 0.614. The summed E-state index contributed by atoms with van der Waals surface area (Å²) in [4.78, 5) is 15.8. The summed E-state index contributed by atoms with van der Waals surface area (Å²) in [5, 5.41) is 0.